The molecule has 7 heteroatoms. The third-order valence-corrected chi connectivity index (χ3v) is 3.26. The second kappa shape index (κ2) is 6.65. The standard InChI is InChI=1S/C14H11Cl2FN2O2/c15-10-2-3-12(17)9(5-10)7-21-13-4-1-8(6-11(13)16)14(18)19-20/h1-6,20H,7H2,(H2,18,19). The lowest BCUT2D eigenvalue weighted by atomic mass is 10.2. The van der Waals surface area contributed by atoms with Gasteiger partial charge < -0.3 is 15.7 Å². The largest absolute Gasteiger partial charge is 0.487 e. The number of halogens is 3. The van der Waals surface area contributed by atoms with Gasteiger partial charge in [-0.15, -0.1) is 0 Å². The number of nitrogens with zero attached hydrogens (tertiary/aromatic N) is 1. The summed E-state index contributed by atoms with van der Waals surface area (Å²) in [6.45, 7) is -0.0188. The van der Waals surface area contributed by atoms with E-state index in [1.54, 1.807) is 12.1 Å². The van der Waals surface area contributed by atoms with Gasteiger partial charge in [0.2, 0.25) is 0 Å². The normalized spacial score (nSPS) is 11.5. The van der Waals surface area contributed by atoms with Crippen molar-refractivity contribution in [1.29, 1.82) is 0 Å². The van der Waals surface area contributed by atoms with Crippen LogP contribution in [0.15, 0.2) is 41.6 Å². The molecule has 0 aliphatic rings. The fourth-order valence-electron chi connectivity index (χ4n) is 1.64. The Bertz CT molecular complexity index is 693. The fourth-order valence-corrected chi connectivity index (χ4v) is 2.07. The molecule has 2 aromatic carbocycles. The van der Waals surface area contributed by atoms with Crippen molar-refractivity contribution < 1.29 is 14.3 Å². The van der Waals surface area contributed by atoms with Crippen molar-refractivity contribution in [3.63, 3.8) is 0 Å². The number of amidine groups is 1. The number of hydrogen-bond donors (Lipinski definition) is 2. The average Bonchev–Trinajstić information content (AvgIpc) is 2.48. The van der Waals surface area contributed by atoms with Gasteiger partial charge in [-0.25, -0.2) is 4.39 Å². The minimum Gasteiger partial charge on any atom is -0.487 e. The molecule has 0 fully saturated rings. The molecule has 0 bridgehead atoms. The van der Waals surface area contributed by atoms with Crippen LogP contribution in [-0.2, 0) is 6.61 Å². The highest BCUT2D eigenvalue weighted by Gasteiger charge is 2.08. The molecule has 2 rings (SSSR count). The van der Waals surface area contributed by atoms with E-state index in [0.29, 0.717) is 21.9 Å². The van der Waals surface area contributed by atoms with E-state index >= 15 is 0 Å². The Morgan fingerprint density at radius 3 is 2.67 bits per heavy atom. The molecule has 0 radical (unpaired) electrons. The van der Waals surface area contributed by atoms with Gasteiger partial charge in [0.1, 0.15) is 18.2 Å². The van der Waals surface area contributed by atoms with Crippen molar-refractivity contribution in [2.45, 2.75) is 6.61 Å². The van der Waals surface area contributed by atoms with E-state index in [1.807, 2.05) is 0 Å². The molecule has 0 unspecified atom stereocenters. The van der Waals surface area contributed by atoms with Crippen LogP contribution in [0.25, 0.3) is 0 Å². The Labute approximate surface area is 130 Å². The van der Waals surface area contributed by atoms with Crippen molar-refractivity contribution in [3.8, 4) is 5.75 Å². The molecule has 0 amide bonds. The van der Waals surface area contributed by atoms with E-state index in [4.69, 9.17) is 38.9 Å². The zero-order valence-electron chi connectivity index (χ0n) is 10.7. The van der Waals surface area contributed by atoms with E-state index in [-0.39, 0.29) is 17.5 Å². The summed E-state index contributed by atoms with van der Waals surface area (Å²) in [4.78, 5) is 0. The summed E-state index contributed by atoms with van der Waals surface area (Å²) in [7, 11) is 0. The lowest BCUT2D eigenvalue weighted by molar-refractivity contribution is 0.300. The van der Waals surface area contributed by atoms with Gasteiger partial charge in [0.15, 0.2) is 5.84 Å². The van der Waals surface area contributed by atoms with E-state index in [9.17, 15) is 4.39 Å². The minimum absolute atomic E-state index is 0.0188. The van der Waals surface area contributed by atoms with Crippen molar-refractivity contribution in [1.82, 2.24) is 0 Å². The van der Waals surface area contributed by atoms with Crippen LogP contribution in [0, 0.1) is 5.82 Å². The van der Waals surface area contributed by atoms with Gasteiger partial charge in [-0.05, 0) is 36.4 Å². The smallest absolute Gasteiger partial charge is 0.170 e. The Hall–Kier alpha value is -1.98. The first-order valence-electron chi connectivity index (χ1n) is 5.85. The van der Waals surface area contributed by atoms with E-state index < -0.39 is 5.82 Å². The van der Waals surface area contributed by atoms with Crippen LogP contribution in [0.3, 0.4) is 0 Å². The molecule has 0 aliphatic carbocycles. The van der Waals surface area contributed by atoms with Gasteiger partial charge in [0.25, 0.3) is 0 Å². The average molecular weight is 329 g/mol. The predicted octanol–water partition coefficient (Wildman–Crippen LogP) is 3.81. The fraction of sp³-hybridized carbons (Fsp3) is 0.0714. The molecular formula is C14H11Cl2FN2O2. The van der Waals surface area contributed by atoms with Gasteiger partial charge in [-0.3, -0.25) is 0 Å². The van der Waals surface area contributed by atoms with E-state index in [0.717, 1.165) is 0 Å². The third kappa shape index (κ3) is 3.77. The molecule has 4 nitrogen and oxygen atoms in total. The molecule has 0 saturated carbocycles. The van der Waals surface area contributed by atoms with Crippen molar-refractivity contribution in [2.24, 2.45) is 10.9 Å². The van der Waals surface area contributed by atoms with Crippen molar-refractivity contribution in [3.05, 3.63) is 63.4 Å². The second-order valence-corrected chi connectivity index (χ2v) is 5.00. The highest BCUT2D eigenvalue weighted by molar-refractivity contribution is 6.32. The molecular weight excluding hydrogens is 318 g/mol. The monoisotopic (exact) mass is 328 g/mol. The zero-order chi connectivity index (χ0) is 15.4. The molecule has 110 valence electrons. The molecule has 3 N–H and O–H groups in total. The summed E-state index contributed by atoms with van der Waals surface area (Å²) in [5.41, 5.74) is 6.22. The van der Waals surface area contributed by atoms with Crippen molar-refractivity contribution in [2.75, 3.05) is 0 Å². The number of oxime groups is 1. The quantitative estimate of drug-likeness (QED) is 0.388. The lowest BCUT2D eigenvalue weighted by Gasteiger charge is -2.10. The Balaban J connectivity index is 2.15. The number of hydrogen-bond acceptors (Lipinski definition) is 3. The van der Waals surface area contributed by atoms with Crippen molar-refractivity contribution >= 4 is 29.0 Å². The third-order valence-electron chi connectivity index (χ3n) is 2.73. The van der Waals surface area contributed by atoms with Gasteiger partial charge in [-0.2, -0.15) is 0 Å². The maximum atomic E-state index is 13.6. The van der Waals surface area contributed by atoms with E-state index in [2.05, 4.69) is 5.16 Å². The second-order valence-electron chi connectivity index (χ2n) is 4.15. The van der Waals surface area contributed by atoms with Gasteiger partial charge >= 0.3 is 0 Å². The summed E-state index contributed by atoms with van der Waals surface area (Å²) in [5.74, 6) is -0.126. The minimum atomic E-state index is -0.413. The van der Waals surface area contributed by atoms with E-state index in [1.165, 1.54) is 24.3 Å². The molecule has 0 heterocycles. The van der Waals surface area contributed by atoms with Gasteiger partial charge in [0.05, 0.1) is 5.02 Å². The summed E-state index contributed by atoms with van der Waals surface area (Å²) in [6, 6.07) is 8.82. The molecule has 21 heavy (non-hydrogen) atoms. The number of ether oxygens (including phenoxy) is 1. The maximum Gasteiger partial charge on any atom is 0.170 e. The molecule has 0 saturated heterocycles. The first-order valence-corrected chi connectivity index (χ1v) is 6.61. The van der Waals surface area contributed by atoms with Crippen LogP contribution in [0.1, 0.15) is 11.1 Å². The molecule has 2 aromatic rings. The van der Waals surface area contributed by atoms with Crippen LogP contribution in [-0.4, -0.2) is 11.0 Å². The lowest BCUT2D eigenvalue weighted by Crippen LogP contribution is -2.12. The summed E-state index contributed by atoms with van der Waals surface area (Å²) >= 11 is 11.8. The van der Waals surface area contributed by atoms with Crippen LogP contribution >= 0.6 is 23.2 Å². The highest BCUT2D eigenvalue weighted by atomic mass is 35.5. The summed E-state index contributed by atoms with van der Waals surface area (Å²) in [6.07, 6.45) is 0. The zero-order valence-corrected chi connectivity index (χ0v) is 12.2. The van der Waals surface area contributed by atoms with Crippen LogP contribution in [0.4, 0.5) is 4.39 Å². The first-order chi connectivity index (χ1) is 10.0. The Kier molecular flexibility index (Phi) is 4.88. The van der Waals surface area contributed by atoms with Crippen LogP contribution in [0.5, 0.6) is 5.75 Å². The SMILES string of the molecule is N/C(=N/O)c1ccc(OCc2cc(Cl)ccc2F)c(Cl)c1. The Morgan fingerprint density at radius 1 is 1.24 bits per heavy atom. The number of rotatable bonds is 4. The van der Waals surface area contributed by atoms with Crippen LogP contribution in [0.2, 0.25) is 10.0 Å². The topological polar surface area (TPSA) is 67.8 Å². The van der Waals surface area contributed by atoms with Crippen LogP contribution < -0.4 is 10.5 Å². The molecule has 0 atom stereocenters. The summed E-state index contributed by atoms with van der Waals surface area (Å²) < 4.78 is 19.0. The van der Waals surface area contributed by atoms with Gasteiger partial charge in [-0.1, -0.05) is 28.4 Å². The first kappa shape index (κ1) is 15.4. The molecule has 0 aliphatic heterocycles. The highest BCUT2D eigenvalue weighted by Crippen LogP contribution is 2.27. The predicted molar refractivity (Wildman–Crippen MR) is 79.7 cm³/mol. The number of benzene rings is 2. The molecule has 0 aromatic heterocycles. The molecule has 0 spiro atoms. The Morgan fingerprint density at radius 2 is 2.00 bits per heavy atom. The van der Waals surface area contributed by atoms with Gasteiger partial charge in [0, 0.05) is 16.1 Å². The summed E-state index contributed by atoms with van der Waals surface area (Å²) in [5, 5.41) is 12.2. The number of nitrogens with two attached hydrogens (primary N) is 1. The maximum absolute atomic E-state index is 13.6.